The molecule has 0 bridgehead atoms. The molecule has 0 aromatic rings. The van der Waals surface area contributed by atoms with Gasteiger partial charge in [-0.15, -0.1) is 0 Å². The molecule has 84 valence electrons. The van der Waals surface area contributed by atoms with Gasteiger partial charge in [-0.2, -0.15) is 0 Å². The van der Waals surface area contributed by atoms with Crippen molar-refractivity contribution < 1.29 is 9.84 Å². The second-order valence-electron chi connectivity index (χ2n) is 4.12. The van der Waals surface area contributed by atoms with Crippen LogP contribution in [0, 0.1) is 11.8 Å². The molecule has 2 nitrogen and oxygen atoms in total. The number of hydrogen-bond donors (Lipinski definition) is 1. The van der Waals surface area contributed by atoms with Crippen molar-refractivity contribution in [2.75, 3.05) is 13.2 Å². The lowest BCUT2D eigenvalue weighted by Gasteiger charge is -2.18. The van der Waals surface area contributed by atoms with Gasteiger partial charge >= 0.3 is 0 Å². The van der Waals surface area contributed by atoms with Crippen molar-refractivity contribution in [1.29, 1.82) is 0 Å². The number of rotatable bonds is 1. The summed E-state index contributed by atoms with van der Waals surface area (Å²) >= 11 is 0. The van der Waals surface area contributed by atoms with Gasteiger partial charge in [0.05, 0.1) is 12.7 Å². The van der Waals surface area contributed by atoms with Crippen molar-refractivity contribution in [2.24, 2.45) is 11.8 Å². The van der Waals surface area contributed by atoms with Gasteiger partial charge in [0.25, 0.3) is 0 Å². The minimum atomic E-state index is 0.321. The number of fused-ring (bicyclic) bond motifs is 1. The average Bonchev–Trinajstić information content (AvgIpc) is 2.49. The van der Waals surface area contributed by atoms with Gasteiger partial charge in [0.1, 0.15) is 0 Å². The fraction of sp³-hybridized carbons (Fsp3) is 1.00. The highest BCUT2D eigenvalue weighted by Crippen LogP contribution is 2.36. The zero-order valence-corrected chi connectivity index (χ0v) is 9.54. The summed E-state index contributed by atoms with van der Waals surface area (Å²) in [6.07, 6.45) is 6.98. The van der Waals surface area contributed by atoms with E-state index in [4.69, 9.17) is 9.84 Å². The molecule has 1 aliphatic heterocycles. The fourth-order valence-electron chi connectivity index (χ4n) is 2.61. The lowest BCUT2D eigenvalue weighted by atomic mass is 9.88. The highest BCUT2D eigenvalue weighted by Gasteiger charge is 2.36. The van der Waals surface area contributed by atoms with Crippen molar-refractivity contribution in [1.82, 2.24) is 0 Å². The number of aliphatic hydroxyl groups excluding tert-OH is 1. The molecule has 2 aliphatic rings. The molecule has 0 amide bonds. The van der Waals surface area contributed by atoms with E-state index in [1.807, 2.05) is 13.8 Å². The first-order valence-corrected chi connectivity index (χ1v) is 6.14. The predicted octanol–water partition coefficient (Wildman–Crippen LogP) is 2.60. The third-order valence-corrected chi connectivity index (χ3v) is 3.37. The van der Waals surface area contributed by atoms with Gasteiger partial charge in [-0.3, -0.25) is 0 Å². The number of ether oxygens (including phenoxy) is 1. The van der Waals surface area contributed by atoms with Crippen molar-refractivity contribution in [2.45, 2.75) is 52.1 Å². The van der Waals surface area contributed by atoms with Crippen molar-refractivity contribution >= 4 is 0 Å². The van der Waals surface area contributed by atoms with E-state index in [9.17, 15) is 0 Å². The van der Waals surface area contributed by atoms with Crippen LogP contribution in [0.25, 0.3) is 0 Å². The Kier molecular flexibility index (Phi) is 5.49. The van der Waals surface area contributed by atoms with Gasteiger partial charge in [-0.05, 0) is 18.8 Å². The second-order valence-corrected chi connectivity index (χ2v) is 4.12. The molecule has 14 heavy (non-hydrogen) atoms. The summed E-state index contributed by atoms with van der Waals surface area (Å²) in [5.41, 5.74) is 0. The number of hydrogen-bond acceptors (Lipinski definition) is 2. The fourth-order valence-corrected chi connectivity index (χ4v) is 2.61. The smallest absolute Gasteiger partial charge is 0.0607 e. The molecular formula is C12H24O2. The Morgan fingerprint density at radius 1 is 1.14 bits per heavy atom. The van der Waals surface area contributed by atoms with Crippen molar-refractivity contribution in [3.8, 4) is 0 Å². The van der Waals surface area contributed by atoms with Crippen molar-refractivity contribution in [3.63, 3.8) is 0 Å². The molecular weight excluding hydrogens is 176 g/mol. The Balaban J connectivity index is 0.000000461. The molecule has 1 unspecified atom stereocenters. The Morgan fingerprint density at radius 2 is 1.86 bits per heavy atom. The molecule has 1 aliphatic carbocycles. The minimum Gasteiger partial charge on any atom is -0.396 e. The lowest BCUT2D eigenvalue weighted by Crippen LogP contribution is -2.21. The molecule has 2 fully saturated rings. The maximum Gasteiger partial charge on any atom is 0.0607 e. The Bertz CT molecular complexity index is 147. The van der Waals surface area contributed by atoms with Crippen LogP contribution in [-0.4, -0.2) is 24.4 Å². The third kappa shape index (κ3) is 2.71. The normalized spacial score (nSPS) is 36.6. The largest absolute Gasteiger partial charge is 0.396 e. The summed E-state index contributed by atoms with van der Waals surface area (Å²) in [5.74, 6) is 1.10. The SMILES string of the molecule is CC.OCC1CO[C@@H]2CCCCC[C@@H]12. The molecule has 0 aromatic heterocycles. The zero-order chi connectivity index (χ0) is 10.4. The van der Waals surface area contributed by atoms with Gasteiger partial charge in [-0.1, -0.05) is 33.1 Å². The molecule has 0 radical (unpaired) electrons. The first-order valence-electron chi connectivity index (χ1n) is 6.14. The summed E-state index contributed by atoms with van der Waals surface area (Å²) in [6, 6.07) is 0. The van der Waals surface area contributed by atoms with Gasteiger partial charge in [0, 0.05) is 12.5 Å². The van der Waals surface area contributed by atoms with Gasteiger partial charge in [0.2, 0.25) is 0 Å². The molecule has 1 saturated heterocycles. The van der Waals surface area contributed by atoms with Crippen LogP contribution >= 0.6 is 0 Å². The van der Waals surface area contributed by atoms with Gasteiger partial charge < -0.3 is 9.84 Å². The molecule has 2 rings (SSSR count). The predicted molar refractivity (Wildman–Crippen MR) is 58.2 cm³/mol. The summed E-state index contributed by atoms with van der Waals surface area (Å²) in [4.78, 5) is 0. The van der Waals surface area contributed by atoms with Gasteiger partial charge in [0.15, 0.2) is 0 Å². The average molecular weight is 200 g/mol. The maximum atomic E-state index is 9.12. The minimum absolute atomic E-state index is 0.321. The summed E-state index contributed by atoms with van der Waals surface area (Å²) in [5, 5.41) is 9.12. The van der Waals surface area contributed by atoms with Crippen LogP contribution in [0.2, 0.25) is 0 Å². The van der Waals surface area contributed by atoms with Crippen LogP contribution < -0.4 is 0 Å². The summed E-state index contributed by atoms with van der Waals surface area (Å²) in [6.45, 7) is 5.12. The molecule has 2 heteroatoms. The van der Waals surface area contributed by atoms with E-state index in [0.717, 1.165) is 6.61 Å². The molecule has 1 saturated carbocycles. The standard InChI is InChI=1S/C10H18O2.C2H6/c11-6-8-7-12-10-5-3-1-2-4-9(8)10;1-2/h8-11H,1-7H2;1-2H3/t8?,9-,10+;/m0./s1. The van der Waals surface area contributed by atoms with Crippen LogP contribution in [0.3, 0.4) is 0 Å². The van der Waals surface area contributed by atoms with E-state index in [1.165, 1.54) is 32.1 Å². The van der Waals surface area contributed by atoms with E-state index < -0.39 is 0 Å². The molecule has 3 atom stereocenters. The molecule has 0 spiro atoms. The first kappa shape index (κ1) is 12.0. The number of aliphatic hydroxyl groups is 1. The first-order chi connectivity index (χ1) is 6.92. The van der Waals surface area contributed by atoms with E-state index in [2.05, 4.69) is 0 Å². The Morgan fingerprint density at radius 3 is 2.57 bits per heavy atom. The van der Waals surface area contributed by atoms with E-state index >= 15 is 0 Å². The highest BCUT2D eigenvalue weighted by molar-refractivity contribution is 4.85. The molecule has 1 N–H and O–H groups in total. The Hall–Kier alpha value is -0.0800. The van der Waals surface area contributed by atoms with Crippen LogP contribution in [0.4, 0.5) is 0 Å². The van der Waals surface area contributed by atoms with E-state index in [1.54, 1.807) is 0 Å². The topological polar surface area (TPSA) is 29.5 Å². The lowest BCUT2D eigenvalue weighted by molar-refractivity contribution is 0.0839. The molecule has 1 heterocycles. The highest BCUT2D eigenvalue weighted by atomic mass is 16.5. The van der Waals surface area contributed by atoms with Crippen LogP contribution in [0.15, 0.2) is 0 Å². The Labute approximate surface area is 87.7 Å². The molecule has 0 aromatic carbocycles. The van der Waals surface area contributed by atoms with Crippen LogP contribution in [0.1, 0.15) is 46.0 Å². The summed E-state index contributed by atoms with van der Waals surface area (Å²) in [7, 11) is 0. The van der Waals surface area contributed by atoms with Crippen LogP contribution in [0.5, 0.6) is 0 Å². The third-order valence-electron chi connectivity index (χ3n) is 3.37. The summed E-state index contributed by atoms with van der Waals surface area (Å²) < 4.78 is 5.68. The maximum absolute atomic E-state index is 9.12. The monoisotopic (exact) mass is 200 g/mol. The van der Waals surface area contributed by atoms with Crippen molar-refractivity contribution in [3.05, 3.63) is 0 Å². The quantitative estimate of drug-likeness (QED) is 0.705. The van der Waals surface area contributed by atoms with Crippen LogP contribution in [-0.2, 0) is 4.74 Å². The zero-order valence-electron chi connectivity index (χ0n) is 9.54. The van der Waals surface area contributed by atoms with Gasteiger partial charge in [-0.25, -0.2) is 0 Å². The van der Waals surface area contributed by atoms with E-state index in [0.29, 0.717) is 24.5 Å². The second kappa shape index (κ2) is 6.41. The van der Waals surface area contributed by atoms with E-state index in [-0.39, 0.29) is 0 Å².